The Kier molecular flexibility index (Phi) is 51.3. The van der Waals surface area contributed by atoms with E-state index in [4.69, 9.17) is 14.2 Å². The van der Waals surface area contributed by atoms with Gasteiger partial charge in [0, 0.05) is 19.3 Å². The Balaban J connectivity index is 4.14. The first-order chi connectivity index (χ1) is 31.5. The Morgan fingerprint density at radius 1 is 0.312 bits per heavy atom. The summed E-state index contributed by atoms with van der Waals surface area (Å²) in [4.78, 5) is 37.9. The number of esters is 3. The van der Waals surface area contributed by atoms with Gasteiger partial charge in [-0.25, -0.2) is 0 Å². The first-order valence-corrected chi connectivity index (χ1v) is 28.0. The summed E-state index contributed by atoms with van der Waals surface area (Å²) in [6.07, 6.45) is 62.9. The molecule has 0 aromatic carbocycles. The summed E-state index contributed by atoms with van der Waals surface area (Å²) >= 11 is 0. The Hall–Kier alpha value is -2.37. The zero-order chi connectivity index (χ0) is 46.5. The molecule has 1 atom stereocenters. The van der Waals surface area contributed by atoms with Gasteiger partial charge in [0.15, 0.2) is 6.10 Å². The minimum absolute atomic E-state index is 0.0718. The van der Waals surface area contributed by atoms with Gasteiger partial charge in [-0.05, 0) is 70.6 Å². The summed E-state index contributed by atoms with van der Waals surface area (Å²) in [6.45, 7) is 6.58. The molecule has 64 heavy (non-hydrogen) atoms. The van der Waals surface area contributed by atoms with Crippen molar-refractivity contribution in [2.75, 3.05) is 13.2 Å². The van der Waals surface area contributed by atoms with Crippen LogP contribution in [0.25, 0.3) is 0 Å². The third-order valence-electron chi connectivity index (χ3n) is 12.3. The monoisotopic (exact) mass is 899 g/mol. The van der Waals surface area contributed by atoms with Gasteiger partial charge in [0.1, 0.15) is 13.2 Å². The second-order valence-electron chi connectivity index (χ2n) is 18.8. The van der Waals surface area contributed by atoms with Gasteiger partial charge >= 0.3 is 17.9 Å². The largest absolute Gasteiger partial charge is 0.462 e. The first-order valence-electron chi connectivity index (χ1n) is 28.0. The second-order valence-corrected chi connectivity index (χ2v) is 18.8. The lowest BCUT2D eigenvalue weighted by molar-refractivity contribution is -0.167. The zero-order valence-electron chi connectivity index (χ0n) is 42.8. The molecule has 0 fully saturated rings. The SMILES string of the molecule is CCC/C=C\CCCCCCCC(=O)OCC(COC(=O)CCCCCCCCCCCCCCC/C=C\C/C=C\CCCCCCC)OC(=O)CCCCCCCCCCCCC. The molecule has 0 bridgehead atoms. The summed E-state index contributed by atoms with van der Waals surface area (Å²) < 4.78 is 16.8. The Bertz CT molecular complexity index is 1080. The van der Waals surface area contributed by atoms with E-state index in [0.717, 1.165) is 77.0 Å². The summed E-state index contributed by atoms with van der Waals surface area (Å²) in [5.74, 6) is -0.873. The van der Waals surface area contributed by atoms with E-state index in [-0.39, 0.29) is 31.1 Å². The molecule has 6 nitrogen and oxygen atoms in total. The minimum Gasteiger partial charge on any atom is -0.462 e. The van der Waals surface area contributed by atoms with Crippen molar-refractivity contribution in [2.24, 2.45) is 0 Å². The van der Waals surface area contributed by atoms with Crippen LogP contribution < -0.4 is 0 Å². The Morgan fingerprint density at radius 2 is 0.594 bits per heavy atom. The maximum atomic E-state index is 12.8. The highest BCUT2D eigenvalue weighted by Crippen LogP contribution is 2.16. The van der Waals surface area contributed by atoms with Crippen LogP contribution in [-0.2, 0) is 28.6 Å². The molecule has 0 heterocycles. The molecule has 0 aromatic rings. The molecule has 0 amide bonds. The Labute approximate surface area is 397 Å². The molecule has 0 aliphatic heterocycles. The van der Waals surface area contributed by atoms with Gasteiger partial charge in [-0.3, -0.25) is 14.4 Å². The lowest BCUT2D eigenvalue weighted by Crippen LogP contribution is -2.30. The number of rotatable bonds is 51. The summed E-state index contributed by atoms with van der Waals surface area (Å²) in [6, 6.07) is 0. The standard InChI is InChI=1S/C58H106O6/c1-4-7-10-13-16-19-22-23-24-25-26-27-28-29-30-31-32-33-34-35-37-39-42-45-48-51-57(60)63-54-55(53-62-56(59)50-47-44-41-38-21-18-15-12-9-6-3)64-58(61)52-49-46-43-40-36-20-17-14-11-8-5-2/h12,15,22-23,25-26,55H,4-11,13-14,16-21,24,27-54H2,1-3H3/b15-12-,23-22-,26-25-. The fourth-order valence-corrected chi connectivity index (χ4v) is 8.12. The first kappa shape index (κ1) is 61.6. The van der Waals surface area contributed by atoms with Gasteiger partial charge < -0.3 is 14.2 Å². The number of hydrogen-bond acceptors (Lipinski definition) is 6. The van der Waals surface area contributed by atoms with Gasteiger partial charge in [-0.2, -0.15) is 0 Å². The molecule has 0 rings (SSSR count). The fourth-order valence-electron chi connectivity index (χ4n) is 8.12. The maximum Gasteiger partial charge on any atom is 0.306 e. The topological polar surface area (TPSA) is 78.9 Å². The van der Waals surface area contributed by atoms with Crippen molar-refractivity contribution in [1.29, 1.82) is 0 Å². The van der Waals surface area contributed by atoms with Crippen LogP contribution >= 0.6 is 0 Å². The second kappa shape index (κ2) is 53.2. The molecule has 0 aromatic heterocycles. The van der Waals surface area contributed by atoms with Crippen molar-refractivity contribution < 1.29 is 28.6 Å². The molecular formula is C58H106O6. The molecule has 374 valence electrons. The molecule has 0 radical (unpaired) electrons. The number of allylic oxidation sites excluding steroid dienone is 6. The third kappa shape index (κ3) is 50.6. The Morgan fingerprint density at radius 3 is 0.938 bits per heavy atom. The van der Waals surface area contributed by atoms with Crippen molar-refractivity contribution >= 4 is 17.9 Å². The van der Waals surface area contributed by atoms with Crippen LogP contribution in [0.2, 0.25) is 0 Å². The van der Waals surface area contributed by atoms with E-state index in [2.05, 4.69) is 57.2 Å². The van der Waals surface area contributed by atoms with Gasteiger partial charge in [-0.15, -0.1) is 0 Å². The summed E-state index contributed by atoms with van der Waals surface area (Å²) in [7, 11) is 0. The number of carbonyl (C=O) groups excluding carboxylic acids is 3. The predicted molar refractivity (Wildman–Crippen MR) is 275 cm³/mol. The third-order valence-corrected chi connectivity index (χ3v) is 12.3. The van der Waals surface area contributed by atoms with Crippen LogP contribution in [0.4, 0.5) is 0 Å². The minimum atomic E-state index is -0.770. The van der Waals surface area contributed by atoms with Crippen molar-refractivity contribution in [2.45, 2.75) is 303 Å². The van der Waals surface area contributed by atoms with Crippen LogP contribution in [0.5, 0.6) is 0 Å². The van der Waals surface area contributed by atoms with Gasteiger partial charge in [0.05, 0.1) is 0 Å². The normalized spacial score (nSPS) is 12.2. The van der Waals surface area contributed by atoms with Gasteiger partial charge in [0.2, 0.25) is 0 Å². The van der Waals surface area contributed by atoms with E-state index >= 15 is 0 Å². The maximum absolute atomic E-state index is 12.8. The van der Waals surface area contributed by atoms with E-state index in [0.29, 0.717) is 19.3 Å². The molecular weight excluding hydrogens is 793 g/mol. The average Bonchev–Trinajstić information content (AvgIpc) is 3.29. The number of ether oxygens (including phenoxy) is 3. The summed E-state index contributed by atoms with van der Waals surface area (Å²) in [5, 5.41) is 0. The van der Waals surface area contributed by atoms with Crippen molar-refractivity contribution in [3.8, 4) is 0 Å². The average molecular weight is 899 g/mol. The van der Waals surface area contributed by atoms with Crippen molar-refractivity contribution in [3.05, 3.63) is 36.5 Å². The van der Waals surface area contributed by atoms with E-state index in [9.17, 15) is 14.4 Å². The lowest BCUT2D eigenvalue weighted by atomic mass is 10.0. The van der Waals surface area contributed by atoms with Crippen LogP contribution in [0, 0.1) is 0 Å². The van der Waals surface area contributed by atoms with E-state index in [1.807, 2.05) is 0 Å². The highest BCUT2D eigenvalue weighted by atomic mass is 16.6. The van der Waals surface area contributed by atoms with Gasteiger partial charge in [-0.1, -0.05) is 243 Å². The predicted octanol–water partition coefficient (Wildman–Crippen LogP) is 18.5. The quantitative estimate of drug-likeness (QED) is 0.0262. The molecule has 0 saturated carbocycles. The van der Waals surface area contributed by atoms with E-state index < -0.39 is 6.10 Å². The summed E-state index contributed by atoms with van der Waals surface area (Å²) in [5.41, 5.74) is 0. The lowest BCUT2D eigenvalue weighted by Gasteiger charge is -2.18. The smallest absolute Gasteiger partial charge is 0.306 e. The van der Waals surface area contributed by atoms with Crippen LogP contribution in [0.3, 0.4) is 0 Å². The molecule has 0 saturated heterocycles. The molecule has 0 spiro atoms. The van der Waals surface area contributed by atoms with Crippen LogP contribution in [0.1, 0.15) is 297 Å². The van der Waals surface area contributed by atoms with E-state index in [1.165, 1.54) is 180 Å². The molecule has 0 N–H and O–H groups in total. The highest BCUT2D eigenvalue weighted by Gasteiger charge is 2.19. The number of unbranched alkanes of at least 4 members (excludes halogenated alkanes) is 34. The molecule has 6 heteroatoms. The van der Waals surface area contributed by atoms with Crippen molar-refractivity contribution in [1.82, 2.24) is 0 Å². The zero-order valence-corrected chi connectivity index (χ0v) is 42.8. The molecule has 0 aliphatic carbocycles. The van der Waals surface area contributed by atoms with Crippen LogP contribution in [-0.4, -0.2) is 37.2 Å². The van der Waals surface area contributed by atoms with Crippen molar-refractivity contribution in [3.63, 3.8) is 0 Å². The number of carbonyl (C=O) groups is 3. The molecule has 0 aliphatic rings. The highest BCUT2D eigenvalue weighted by molar-refractivity contribution is 5.71. The van der Waals surface area contributed by atoms with Gasteiger partial charge in [0.25, 0.3) is 0 Å². The van der Waals surface area contributed by atoms with Crippen LogP contribution in [0.15, 0.2) is 36.5 Å². The molecule has 1 unspecified atom stereocenters. The van der Waals surface area contributed by atoms with E-state index in [1.54, 1.807) is 0 Å². The fraction of sp³-hybridized carbons (Fsp3) is 0.845. The number of hydrogen-bond donors (Lipinski definition) is 0.